The predicted octanol–water partition coefficient (Wildman–Crippen LogP) is 3.93. The maximum Gasteiger partial charge on any atom is 0.316 e. The van der Waals surface area contributed by atoms with Crippen molar-refractivity contribution in [3.8, 4) is 0 Å². The first-order chi connectivity index (χ1) is 14.4. The number of ketones is 1. The zero-order chi connectivity index (χ0) is 21.4. The summed E-state index contributed by atoms with van der Waals surface area (Å²) in [4.78, 5) is 29.1. The fraction of sp³-hybridized carbons (Fsp3) is 0.455. The summed E-state index contributed by atoms with van der Waals surface area (Å²) >= 11 is 1.22. The first-order valence-corrected chi connectivity index (χ1v) is 11.1. The highest BCUT2D eigenvalue weighted by molar-refractivity contribution is 7.99. The van der Waals surface area contributed by atoms with Gasteiger partial charge >= 0.3 is 5.97 Å². The molecule has 1 aliphatic carbocycles. The monoisotopic (exact) mass is 426 g/mol. The summed E-state index contributed by atoms with van der Waals surface area (Å²) in [7, 11) is 1.36. The molecular weight excluding hydrogens is 400 g/mol. The van der Waals surface area contributed by atoms with E-state index in [1.807, 2.05) is 0 Å². The molecule has 2 aromatic rings. The lowest BCUT2D eigenvalue weighted by Crippen LogP contribution is -2.33. The lowest BCUT2D eigenvalue weighted by molar-refractivity contribution is -0.137. The molecule has 0 spiro atoms. The molecule has 1 N–H and O–H groups in total. The maximum atomic E-state index is 13.0. The average Bonchev–Trinajstić information content (AvgIpc) is 3.12. The number of carbonyl (C=O) groups excluding carboxylic acids is 2. The Kier molecular flexibility index (Phi) is 5.69. The van der Waals surface area contributed by atoms with Crippen LogP contribution in [0.5, 0.6) is 0 Å². The van der Waals surface area contributed by atoms with E-state index in [9.17, 15) is 9.59 Å². The lowest BCUT2D eigenvalue weighted by Gasteiger charge is -2.34. The number of hydrogen-bond acceptors (Lipinski definition) is 7. The summed E-state index contributed by atoms with van der Waals surface area (Å²) in [6, 6.07) is 8.06. The molecular formula is C22H26N4O3S. The highest BCUT2D eigenvalue weighted by Crippen LogP contribution is 2.42. The van der Waals surface area contributed by atoms with E-state index in [2.05, 4.69) is 60.4 Å². The Morgan fingerprint density at radius 2 is 2.03 bits per heavy atom. The number of carbonyl (C=O) groups is 2. The van der Waals surface area contributed by atoms with Crippen molar-refractivity contribution in [2.75, 3.05) is 18.2 Å². The highest BCUT2D eigenvalue weighted by Gasteiger charge is 2.38. The van der Waals surface area contributed by atoms with Crippen molar-refractivity contribution in [2.24, 2.45) is 5.92 Å². The predicted molar refractivity (Wildman–Crippen MR) is 115 cm³/mol. The van der Waals surface area contributed by atoms with Gasteiger partial charge in [0.25, 0.3) is 0 Å². The van der Waals surface area contributed by atoms with Crippen LogP contribution in [-0.2, 0) is 14.3 Å². The lowest BCUT2D eigenvalue weighted by atomic mass is 9.81. The van der Waals surface area contributed by atoms with Crippen LogP contribution in [0.1, 0.15) is 56.7 Å². The van der Waals surface area contributed by atoms with Gasteiger partial charge in [-0.1, -0.05) is 56.8 Å². The molecule has 1 aromatic heterocycles. The van der Waals surface area contributed by atoms with E-state index >= 15 is 0 Å². The van der Waals surface area contributed by atoms with E-state index in [0.29, 0.717) is 23.4 Å². The number of aromatic nitrogens is 3. The Morgan fingerprint density at radius 3 is 2.70 bits per heavy atom. The van der Waals surface area contributed by atoms with Gasteiger partial charge in [0.15, 0.2) is 5.78 Å². The zero-order valence-corrected chi connectivity index (χ0v) is 18.5. The topological polar surface area (TPSA) is 86.1 Å². The van der Waals surface area contributed by atoms with Gasteiger partial charge in [0.1, 0.15) is 6.04 Å². The van der Waals surface area contributed by atoms with Gasteiger partial charge in [-0.2, -0.15) is 4.98 Å². The van der Waals surface area contributed by atoms with Gasteiger partial charge in [-0.15, -0.1) is 5.10 Å². The molecule has 1 aromatic carbocycles. The quantitative estimate of drug-likeness (QED) is 0.572. The number of thioether (sulfide) groups is 1. The molecule has 2 aliphatic rings. The maximum absolute atomic E-state index is 13.0. The van der Waals surface area contributed by atoms with Crippen LogP contribution in [0.3, 0.4) is 0 Å². The Labute approximate surface area is 180 Å². The average molecular weight is 427 g/mol. The second-order valence-electron chi connectivity index (χ2n) is 8.21. The number of rotatable bonds is 5. The first kappa shape index (κ1) is 20.7. The standard InChI is InChI=1S/C22H26N4O3S/c1-12(2)14-5-7-15(8-6-14)20-19-16(9-13(3)10-17(19)27)23-21-24-22(25-26(20)21)30-11-18(28)29-4/h5-8,12-13,20H,9-11H2,1-4H3,(H,23,24,25)/t13-,20+/m0/s1. The SMILES string of the molecule is COC(=O)CSc1nc2n(n1)[C@H](c1ccc(C(C)C)cc1)C1=C(C[C@H](C)CC1=O)N2. The molecule has 0 saturated heterocycles. The molecule has 0 unspecified atom stereocenters. The van der Waals surface area contributed by atoms with Crippen molar-refractivity contribution in [2.45, 2.75) is 50.7 Å². The van der Waals surface area contributed by atoms with Crippen molar-refractivity contribution >= 4 is 29.5 Å². The molecule has 7 nitrogen and oxygen atoms in total. The van der Waals surface area contributed by atoms with Gasteiger partial charge in [0.05, 0.1) is 12.9 Å². The number of esters is 1. The number of anilines is 1. The molecule has 30 heavy (non-hydrogen) atoms. The molecule has 0 bridgehead atoms. The third-order valence-corrected chi connectivity index (χ3v) is 6.38. The van der Waals surface area contributed by atoms with Gasteiger partial charge in [0.2, 0.25) is 11.1 Å². The molecule has 2 heterocycles. The van der Waals surface area contributed by atoms with Crippen molar-refractivity contribution in [3.63, 3.8) is 0 Å². The number of benzene rings is 1. The van der Waals surface area contributed by atoms with Gasteiger partial charge < -0.3 is 10.1 Å². The van der Waals surface area contributed by atoms with Crippen molar-refractivity contribution in [3.05, 3.63) is 46.7 Å². The smallest absolute Gasteiger partial charge is 0.316 e. The number of fused-ring (bicyclic) bond motifs is 1. The molecule has 2 atom stereocenters. The van der Waals surface area contributed by atoms with Crippen molar-refractivity contribution in [1.82, 2.24) is 14.8 Å². The van der Waals surface area contributed by atoms with Crippen LogP contribution < -0.4 is 5.32 Å². The fourth-order valence-electron chi connectivity index (χ4n) is 4.00. The molecule has 0 amide bonds. The van der Waals surface area contributed by atoms with E-state index < -0.39 is 0 Å². The minimum Gasteiger partial charge on any atom is -0.468 e. The first-order valence-electron chi connectivity index (χ1n) is 10.2. The third kappa shape index (κ3) is 3.88. The second-order valence-corrected chi connectivity index (χ2v) is 9.15. The van der Waals surface area contributed by atoms with E-state index in [1.54, 1.807) is 4.68 Å². The largest absolute Gasteiger partial charge is 0.468 e. The van der Waals surface area contributed by atoms with Crippen LogP contribution in [0.25, 0.3) is 0 Å². The molecule has 4 rings (SSSR count). The molecule has 8 heteroatoms. The van der Waals surface area contributed by atoms with Crippen LogP contribution in [0.2, 0.25) is 0 Å². The Hall–Kier alpha value is -2.61. The second kappa shape index (κ2) is 8.26. The van der Waals surface area contributed by atoms with Gasteiger partial charge in [-0.05, 0) is 29.4 Å². The number of nitrogens with zero attached hydrogens (tertiary/aromatic N) is 3. The summed E-state index contributed by atoms with van der Waals surface area (Å²) < 4.78 is 6.48. The molecule has 158 valence electrons. The van der Waals surface area contributed by atoms with Crippen LogP contribution in [-0.4, -0.2) is 39.4 Å². The summed E-state index contributed by atoms with van der Waals surface area (Å²) in [6.45, 7) is 6.41. The minimum atomic E-state index is -0.331. The zero-order valence-electron chi connectivity index (χ0n) is 17.6. The number of methoxy groups -OCH3 is 1. The van der Waals surface area contributed by atoms with Gasteiger partial charge in [-0.3, -0.25) is 9.59 Å². The number of nitrogens with one attached hydrogen (secondary N) is 1. The van der Waals surface area contributed by atoms with Crippen molar-refractivity contribution < 1.29 is 14.3 Å². The normalized spacial score (nSPS) is 20.6. The van der Waals surface area contributed by atoms with Gasteiger partial charge in [-0.25, -0.2) is 4.68 Å². The Morgan fingerprint density at radius 1 is 1.30 bits per heavy atom. The van der Waals surface area contributed by atoms with Crippen LogP contribution in [0, 0.1) is 5.92 Å². The van der Waals surface area contributed by atoms with E-state index in [0.717, 1.165) is 23.3 Å². The van der Waals surface area contributed by atoms with Gasteiger partial charge in [0, 0.05) is 17.7 Å². The summed E-state index contributed by atoms with van der Waals surface area (Å²) in [6.07, 6.45) is 1.34. The number of Topliss-reactive ketones (excluding diaryl/α,β-unsaturated/α-hetero) is 1. The summed E-state index contributed by atoms with van der Waals surface area (Å²) in [5.41, 5.74) is 3.96. The fourth-order valence-corrected chi connectivity index (χ4v) is 4.66. The van der Waals surface area contributed by atoms with Crippen LogP contribution >= 0.6 is 11.8 Å². The number of allylic oxidation sites excluding steroid dienone is 2. The van der Waals surface area contributed by atoms with E-state index in [4.69, 9.17) is 4.74 Å². The van der Waals surface area contributed by atoms with E-state index in [1.165, 1.54) is 24.4 Å². The van der Waals surface area contributed by atoms with Crippen molar-refractivity contribution in [1.29, 1.82) is 0 Å². The number of ether oxygens (including phenoxy) is 1. The minimum absolute atomic E-state index is 0.136. The Bertz CT molecular complexity index is 1010. The molecule has 0 fully saturated rings. The Balaban J connectivity index is 1.75. The van der Waals surface area contributed by atoms with Crippen LogP contribution in [0.15, 0.2) is 40.7 Å². The molecule has 1 aliphatic heterocycles. The number of hydrogen-bond donors (Lipinski definition) is 1. The summed E-state index contributed by atoms with van der Waals surface area (Å²) in [5, 5.41) is 8.44. The van der Waals surface area contributed by atoms with Crippen LogP contribution in [0.4, 0.5) is 5.95 Å². The summed E-state index contributed by atoms with van der Waals surface area (Å²) in [5.74, 6) is 1.28. The molecule has 0 saturated carbocycles. The third-order valence-electron chi connectivity index (χ3n) is 5.57. The van der Waals surface area contributed by atoms with E-state index in [-0.39, 0.29) is 29.5 Å². The molecule has 0 radical (unpaired) electrons. The highest BCUT2D eigenvalue weighted by atomic mass is 32.2.